The first-order valence-electron chi connectivity index (χ1n) is 13.0. The van der Waals surface area contributed by atoms with Crippen LogP contribution in [0.5, 0.6) is 0 Å². The van der Waals surface area contributed by atoms with E-state index in [0.29, 0.717) is 5.57 Å². The number of rotatable bonds is 10. The molecule has 0 heterocycles. The number of amides is 1. The van der Waals surface area contributed by atoms with Gasteiger partial charge in [-0.25, -0.2) is 4.79 Å². The predicted molar refractivity (Wildman–Crippen MR) is 157 cm³/mol. The van der Waals surface area contributed by atoms with Crippen molar-refractivity contribution in [2.45, 2.75) is 32.0 Å². The van der Waals surface area contributed by atoms with E-state index in [1.54, 1.807) is 24.3 Å². The maximum absolute atomic E-state index is 13.7. The number of allylic oxidation sites excluding steroid dienone is 12. The Balaban J connectivity index is 1.90. The first-order valence-corrected chi connectivity index (χ1v) is 13.0. The Morgan fingerprint density at radius 1 is 1.17 bits per heavy atom. The van der Waals surface area contributed by atoms with E-state index >= 15 is 0 Å². The number of carbonyl (C=O) groups is 2. The van der Waals surface area contributed by atoms with Crippen LogP contribution in [0.15, 0.2) is 137 Å². The monoisotopic (exact) mass is 573 g/mol. The number of nitrogens with one attached hydrogen (secondary N) is 1. The standard InChI is InChI=1S/C34H30F3NO4/c1-4-6-7-13-24(5-2)25-14-10-12-23(19-20-25)21-30(33(41)42-3)38-32(40)28-22-26(15-11-18-31(28)39)27-16-8-9-17-29(27)34(35,36)37/h4-6,8-9,11-17,19-20,22,30,39H,2,7,21H2,1,3H3,(H,38,40)/b6-4-,24-13+/t30-/m0/s1. The minimum Gasteiger partial charge on any atom is -0.501 e. The number of methoxy groups -OCH3 is 1. The molecule has 0 aromatic heterocycles. The molecule has 2 N–H and O–H groups in total. The van der Waals surface area contributed by atoms with Crippen LogP contribution in [0, 0.1) is 0 Å². The highest BCUT2D eigenvalue weighted by Crippen LogP contribution is 2.36. The molecule has 0 aliphatic heterocycles. The normalized spacial score (nSPS) is 15.9. The summed E-state index contributed by atoms with van der Waals surface area (Å²) in [4.78, 5) is 26.0. The van der Waals surface area contributed by atoms with Gasteiger partial charge in [0.1, 0.15) is 6.04 Å². The minimum atomic E-state index is -4.65. The summed E-state index contributed by atoms with van der Waals surface area (Å²) in [5.74, 6) is -2.25. The van der Waals surface area contributed by atoms with Crippen molar-refractivity contribution in [1.82, 2.24) is 5.32 Å². The summed E-state index contributed by atoms with van der Waals surface area (Å²) < 4.78 is 45.9. The van der Waals surface area contributed by atoms with Crippen LogP contribution in [-0.2, 0) is 20.5 Å². The van der Waals surface area contributed by atoms with Crippen LogP contribution in [0.1, 0.15) is 30.9 Å². The van der Waals surface area contributed by atoms with Crippen LogP contribution >= 0.6 is 0 Å². The predicted octanol–water partition coefficient (Wildman–Crippen LogP) is 7.33. The zero-order chi connectivity index (χ0) is 30.7. The summed E-state index contributed by atoms with van der Waals surface area (Å²) in [5.41, 5.74) is 6.49. The number of aliphatic hydroxyl groups is 1. The number of ether oxygens (including phenoxy) is 1. The number of alkyl halides is 3. The summed E-state index contributed by atoms with van der Waals surface area (Å²) in [6.45, 7) is 5.80. The summed E-state index contributed by atoms with van der Waals surface area (Å²) >= 11 is 0. The van der Waals surface area contributed by atoms with Gasteiger partial charge in [-0.05, 0) is 77.6 Å². The number of esters is 1. The molecule has 5 nitrogen and oxygen atoms in total. The molecule has 0 spiro atoms. The van der Waals surface area contributed by atoms with Crippen LogP contribution in [0.2, 0.25) is 0 Å². The molecule has 1 amide bonds. The van der Waals surface area contributed by atoms with E-state index in [-0.39, 0.29) is 23.1 Å². The molecular weight excluding hydrogens is 543 g/mol. The Labute approximate surface area is 242 Å². The summed E-state index contributed by atoms with van der Waals surface area (Å²) in [6, 6.07) is 3.71. The molecule has 3 rings (SSSR count). The van der Waals surface area contributed by atoms with Crippen molar-refractivity contribution in [2.75, 3.05) is 7.11 Å². The molecule has 0 saturated heterocycles. The highest BCUT2D eigenvalue weighted by Gasteiger charge is 2.34. The number of carbonyl (C=O) groups excluding carboxylic acids is 2. The second-order valence-corrected chi connectivity index (χ2v) is 9.12. The van der Waals surface area contributed by atoms with E-state index in [0.717, 1.165) is 29.7 Å². The molecule has 0 saturated carbocycles. The average molecular weight is 574 g/mol. The quantitative estimate of drug-likeness (QED) is 0.133. The first-order chi connectivity index (χ1) is 20.1. The number of hydrogen-bond donors (Lipinski definition) is 2. The first kappa shape index (κ1) is 31.5. The molecule has 0 bridgehead atoms. The third-order valence-corrected chi connectivity index (χ3v) is 6.30. The van der Waals surface area contributed by atoms with Crippen molar-refractivity contribution in [3.63, 3.8) is 0 Å². The largest absolute Gasteiger partial charge is 0.501 e. The lowest BCUT2D eigenvalue weighted by atomic mass is 9.96. The maximum Gasteiger partial charge on any atom is 0.417 e. The van der Waals surface area contributed by atoms with E-state index in [1.165, 1.54) is 37.5 Å². The van der Waals surface area contributed by atoms with Gasteiger partial charge < -0.3 is 15.2 Å². The van der Waals surface area contributed by atoms with E-state index in [1.807, 2.05) is 31.2 Å². The molecule has 216 valence electrons. The van der Waals surface area contributed by atoms with Gasteiger partial charge in [-0.2, -0.15) is 13.2 Å². The van der Waals surface area contributed by atoms with Gasteiger partial charge in [0.25, 0.3) is 5.91 Å². The van der Waals surface area contributed by atoms with Gasteiger partial charge in [-0.3, -0.25) is 4.79 Å². The van der Waals surface area contributed by atoms with Crippen molar-refractivity contribution >= 4 is 17.4 Å². The molecule has 1 aromatic rings. The third-order valence-electron chi connectivity index (χ3n) is 6.30. The van der Waals surface area contributed by atoms with Gasteiger partial charge in [-0.1, -0.05) is 67.0 Å². The fourth-order valence-corrected chi connectivity index (χ4v) is 4.18. The second-order valence-electron chi connectivity index (χ2n) is 9.12. The lowest BCUT2D eigenvalue weighted by Gasteiger charge is -2.18. The topological polar surface area (TPSA) is 75.6 Å². The van der Waals surface area contributed by atoms with Gasteiger partial charge in [0.2, 0.25) is 0 Å². The molecular formula is C34H30F3NO4. The maximum atomic E-state index is 13.7. The zero-order valence-corrected chi connectivity index (χ0v) is 23.2. The van der Waals surface area contributed by atoms with Gasteiger partial charge in [0, 0.05) is 6.42 Å². The van der Waals surface area contributed by atoms with Crippen LogP contribution in [-0.4, -0.2) is 30.1 Å². The molecule has 0 fully saturated rings. The molecule has 1 aromatic carbocycles. The Kier molecular flexibility index (Phi) is 10.9. The fourth-order valence-electron chi connectivity index (χ4n) is 4.18. The second kappa shape index (κ2) is 14.6. The highest BCUT2D eigenvalue weighted by atomic mass is 19.4. The van der Waals surface area contributed by atoms with E-state index in [4.69, 9.17) is 4.74 Å². The van der Waals surface area contributed by atoms with Gasteiger partial charge in [-0.15, -0.1) is 5.73 Å². The molecule has 2 aliphatic rings. The van der Waals surface area contributed by atoms with E-state index in [9.17, 15) is 27.9 Å². The number of aliphatic hydroxyl groups excluding tert-OH is 1. The average Bonchev–Trinajstić information content (AvgIpc) is 3.32. The van der Waals surface area contributed by atoms with Gasteiger partial charge >= 0.3 is 12.1 Å². The number of hydrogen-bond acceptors (Lipinski definition) is 4. The Hall–Kier alpha value is -5.03. The summed E-state index contributed by atoms with van der Waals surface area (Å²) in [7, 11) is 1.17. The minimum absolute atomic E-state index is 0.0158. The smallest absolute Gasteiger partial charge is 0.417 e. The van der Waals surface area contributed by atoms with E-state index < -0.39 is 35.4 Å². The highest BCUT2D eigenvalue weighted by molar-refractivity contribution is 6.02. The van der Waals surface area contributed by atoms with E-state index in [2.05, 4.69) is 23.4 Å². The Morgan fingerprint density at radius 3 is 2.62 bits per heavy atom. The van der Waals surface area contributed by atoms with Crippen molar-refractivity contribution in [3.8, 4) is 0 Å². The lowest BCUT2D eigenvalue weighted by molar-refractivity contribution is -0.144. The van der Waals surface area contributed by atoms with Crippen LogP contribution in [0.4, 0.5) is 13.2 Å². The molecule has 8 heteroatoms. The van der Waals surface area contributed by atoms with Gasteiger partial charge in [0.05, 0.1) is 18.2 Å². The van der Waals surface area contributed by atoms with Crippen molar-refractivity contribution in [1.29, 1.82) is 0 Å². The summed E-state index contributed by atoms with van der Waals surface area (Å²) in [5, 5.41) is 13.0. The molecule has 42 heavy (non-hydrogen) atoms. The molecule has 1 atom stereocenters. The number of halogens is 3. The van der Waals surface area contributed by atoms with Gasteiger partial charge in [0.15, 0.2) is 5.76 Å². The van der Waals surface area contributed by atoms with Crippen LogP contribution in [0.3, 0.4) is 0 Å². The number of benzene rings is 1. The SMILES string of the molecule is C=C/C(=C\C/C=C\C)C1=CC=C(C[C@H](NC(=O)C2=CC(c3ccccc3C(F)(F)F)=CC=C=C2O)C(=O)OC)C=C=C1. The van der Waals surface area contributed by atoms with Crippen molar-refractivity contribution in [3.05, 3.63) is 148 Å². The summed E-state index contributed by atoms with van der Waals surface area (Å²) in [6.07, 6.45) is 14.5. The van der Waals surface area contributed by atoms with Crippen molar-refractivity contribution in [2.24, 2.45) is 0 Å². The lowest BCUT2D eigenvalue weighted by Crippen LogP contribution is -2.42. The Bertz CT molecular complexity index is 1570. The molecule has 0 unspecified atom stereocenters. The van der Waals surface area contributed by atoms with Crippen LogP contribution < -0.4 is 5.32 Å². The third kappa shape index (κ3) is 8.24. The zero-order valence-electron chi connectivity index (χ0n) is 23.2. The Morgan fingerprint density at radius 2 is 1.93 bits per heavy atom. The van der Waals surface area contributed by atoms with Crippen molar-refractivity contribution < 1.29 is 32.6 Å². The van der Waals surface area contributed by atoms with Crippen LogP contribution in [0.25, 0.3) is 5.57 Å². The molecule has 2 aliphatic carbocycles. The molecule has 0 radical (unpaired) electrons. The fraction of sp³-hybridized carbons (Fsp3) is 0.176.